The maximum Gasteiger partial charge on any atom is 0.224 e. The first-order chi connectivity index (χ1) is 10.6. The summed E-state index contributed by atoms with van der Waals surface area (Å²) < 4.78 is 10.6. The molecule has 118 valence electrons. The van der Waals surface area contributed by atoms with Gasteiger partial charge in [0.15, 0.2) is 0 Å². The summed E-state index contributed by atoms with van der Waals surface area (Å²) in [6, 6.07) is 11.3. The topological polar surface area (TPSA) is 54.7 Å². The van der Waals surface area contributed by atoms with E-state index in [2.05, 4.69) is 5.32 Å². The van der Waals surface area contributed by atoms with E-state index in [9.17, 15) is 4.79 Å². The number of rotatable bonds is 7. The Hall–Kier alpha value is -2.27. The summed E-state index contributed by atoms with van der Waals surface area (Å²) >= 11 is 0. The summed E-state index contributed by atoms with van der Waals surface area (Å²) in [5.41, 5.74) is 0.927. The SMILES string of the molecule is COc1cccc(CC(=O)NC[C@@H](c2ccco2)N(C)C)c1. The first-order valence-corrected chi connectivity index (χ1v) is 7.19. The molecular formula is C17H22N2O3. The molecule has 1 atom stereocenters. The Kier molecular flexibility index (Phi) is 5.61. The van der Waals surface area contributed by atoms with Crippen molar-refractivity contribution in [3.8, 4) is 5.75 Å². The predicted molar refractivity (Wildman–Crippen MR) is 84.8 cm³/mol. The van der Waals surface area contributed by atoms with Gasteiger partial charge in [0.05, 0.1) is 25.8 Å². The molecule has 0 radical (unpaired) electrons. The quantitative estimate of drug-likeness (QED) is 0.852. The van der Waals surface area contributed by atoms with E-state index >= 15 is 0 Å². The van der Waals surface area contributed by atoms with Gasteiger partial charge in [-0.05, 0) is 43.9 Å². The lowest BCUT2D eigenvalue weighted by Gasteiger charge is -2.22. The third-order valence-electron chi connectivity index (χ3n) is 3.49. The van der Waals surface area contributed by atoms with Gasteiger partial charge in [-0.2, -0.15) is 0 Å². The van der Waals surface area contributed by atoms with Crippen LogP contribution >= 0.6 is 0 Å². The van der Waals surface area contributed by atoms with Gasteiger partial charge in [-0.15, -0.1) is 0 Å². The van der Waals surface area contributed by atoms with Gasteiger partial charge < -0.3 is 14.5 Å². The number of ether oxygens (including phenoxy) is 1. The molecule has 0 unspecified atom stereocenters. The van der Waals surface area contributed by atoms with Crippen molar-refractivity contribution in [1.82, 2.24) is 10.2 Å². The monoisotopic (exact) mass is 302 g/mol. The number of nitrogens with one attached hydrogen (secondary N) is 1. The summed E-state index contributed by atoms with van der Waals surface area (Å²) in [5, 5.41) is 2.96. The van der Waals surface area contributed by atoms with Gasteiger partial charge in [-0.25, -0.2) is 0 Å². The average molecular weight is 302 g/mol. The molecule has 1 aromatic carbocycles. The lowest BCUT2D eigenvalue weighted by Crippen LogP contribution is -2.35. The summed E-state index contributed by atoms with van der Waals surface area (Å²) in [5.74, 6) is 1.57. The predicted octanol–water partition coefficient (Wildman–Crippen LogP) is 2.25. The zero-order chi connectivity index (χ0) is 15.9. The van der Waals surface area contributed by atoms with E-state index in [1.54, 1.807) is 13.4 Å². The first kappa shape index (κ1) is 16.1. The second-order valence-corrected chi connectivity index (χ2v) is 5.33. The summed E-state index contributed by atoms with van der Waals surface area (Å²) in [7, 11) is 5.53. The van der Waals surface area contributed by atoms with Crippen molar-refractivity contribution in [1.29, 1.82) is 0 Å². The van der Waals surface area contributed by atoms with Crippen LogP contribution in [0.2, 0.25) is 0 Å². The van der Waals surface area contributed by atoms with Gasteiger partial charge in [-0.3, -0.25) is 9.69 Å². The number of nitrogens with zero attached hydrogens (tertiary/aromatic N) is 1. The number of methoxy groups -OCH3 is 1. The number of furan rings is 1. The second-order valence-electron chi connectivity index (χ2n) is 5.33. The van der Waals surface area contributed by atoms with Crippen molar-refractivity contribution in [3.05, 3.63) is 54.0 Å². The molecule has 0 fully saturated rings. The largest absolute Gasteiger partial charge is 0.497 e. The Labute approximate surface area is 130 Å². The Balaban J connectivity index is 1.91. The van der Waals surface area contributed by atoms with E-state index in [-0.39, 0.29) is 11.9 Å². The maximum absolute atomic E-state index is 12.1. The Morgan fingerprint density at radius 2 is 2.14 bits per heavy atom. The molecule has 2 rings (SSSR count). The van der Waals surface area contributed by atoms with E-state index in [4.69, 9.17) is 9.15 Å². The molecule has 0 bridgehead atoms. The molecule has 22 heavy (non-hydrogen) atoms. The molecule has 0 saturated carbocycles. The molecule has 0 aliphatic carbocycles. The highest BCUT2D eigenvalue weighted by atomic mass is 16.5. The van der Waals surface area contributed by atoms with Crippen LogP contribution in [0.3, 0.4) is 0 Å². The second kappa shape index (κ2) is 7.66. The van der Waals surface area contributed by atoms with Gasteiger partial charge in [-0.1, -0.05) is 12.1 Å². The zero-order valence-electron chi connectivity index (χ0n) is 13.2. The molecule has 0 saturated heterocycles. The third-order valence-corrected chi connectivity index (χ3v) is 3.49. The molecule has 1 amide bonds. The van der Waals surface area contributed by atoms with Crippen LogP contribution in [0.25, 0.3) is 0 Å². The summed E-state index contributed by atoms with van der Waals surface area (Å²) in [6.45, 7) is 0.503. The van der Waals surface area contributed by atoms with Crippen molar-refractivity contribution >= 4 is 5.91 Å². The van der Waals surface area contributed by atoms with Crippen LogP contribution in [-0.4, -0.2) is 38.6 Å². The minimum absolute atomic E-state index is 0.0178. The lowest BCUT2D eigenvalue weighted by atomic mass is 10.1. The zero-order valence-corrected chi connectivity index (χ0v) is 13.2. The molecule has 1 N–H and O–H groups in total. The van der Waals surface area contributed by atoms with Crippen LogP contribution in [0.4, 0.5) is 0 Å². The fourth-order valence-corrected chi connectivity index (χ4v) is 2.26. The third kappa shape index (κ3) is 4.36. The Morgan fingerprint density at radius 3 is 2.77 bits per heavy atom. The number of amides is 1. The number of hydrogen-bond acceptors (Lipinski definition) is 4. The summed E-state index contributed by atoms with van der Waals surface area (Å²) in [4.78, 5) is 14.1. The number of hydrogen-bond donors (Lipinski definition) is 1. The molecule has 0 aliphatic rings. The van der Waals surface area contributed by atoms with Crippen molar-refractivity contribution in [2.24, 2.45) is 0 Å². The smallest absolute Gasteiger partial charge is 0.224 e. The maximum atomic E-state index is 12.1. The van der Waals surface area contributed by atoms with E-state index in [0.29, 0.717) is 13.0 Å². The van der Waals surface area contributed by atoms with Gasteiger partial charge in [0, 0.05) is 6.54 Å². The number of likely N-dealkylation sites (N-methyl/N-ethyl adjacent to an activating group) is 1. The average Bonchev–Trinajstić information content (AvgIpc) is 3.01. The standard InChI is InChI=1S/C17H22N2O3/c1-19(2)15(16-8-5-9-22-16)12-18-17(20)11-13-6-4-7-14(10-13)21-3/h4-10,15H,11-12H2,1-3H3,(H,18,20)/t15-/m0/s1. The fourth-order valence-electron chi connectivity index (χ4n) is 2.26. The van der Waals surface area contributed by atoms with Crippen LogP contribution in [0, 0.1) is 0 Å². The number of carbonyl (C=O) groups excluding carboxylic acids is 1. The van der Waals surface area contributed by atoms with Crippen LogP contribution in [-0.2, 0) is 11.2 Å². The molecule has 0 spiro atoms. The first-order valence-electron chi connectivity index (χ1n) is 7.19. The number of benzene rings is 1. The fraction of sp³-hybridized carbons (Fsp3) is 0.353. The van der Waals surface area contributed by atoms with Crippen molar-refractivity contribution in [2.75, 3.05) is 27.7 Å². The molecule has 5 heteroatoms. The highest BCUT2D eigenvalue weighted by molar-refractivity contribution is 5.78. The van der Waals surface area contributed by atoms with Gasteiger partial charge >= 0.3 is 0 Å². The van der Waals surface area contributed by atoms with Crippen molar-refractivity contribution in [2.45, 2.75) is 12.5 Å². The van der Waals surface area contributed by atoms with E-state index < -0.39 is 0 Å². The normalized spacial score (nSPS) is 12.2. The molecule has 1 heterocycles. The highest BCUT2D eigenvalue weighted by Gasteiger charge is 2.17. The Morgan fingerprint density at radius 1 is 1.32 bits per heavy atom. The summed E-state index contributed by atoms with van der Waals surface area (Å²) in [6.07, 6.45) is 1.97. The number of carbonyl (C=O) groups is 1. The minimum atomic E-state index is -0.0216. The van der Waals surface area contributed by atoms with Crippen LogP contribution in [0.5, 0.6) is 5.75 Å². The Bertz CT molecular complexity index is 594. The molecule has 2 aromatic rings. The molecule has 5 nitrogen and oxygen atoms in total. The van der Waals surface area contributed by atoms with E-state index in [0.717, 1.165) is 17.1 Å². The van der Waals surface area contributed by atoms with Crippen LogP contribution < -0.4 is 10.1 Å². The van der Waals surface area contributed by atoms with Gasteiger partial charge in [0.2, 0.25) is 5.91 Å². The van der Waals surface area contributed by atoms with Gasteiger partial charge in [0.1, 0.15) is 11.5 Å². The molecular weight excluding hydrogens is 280 g/mol. The molecule has 1 aromatic heterocycles. The highest BCUT2D eigenvalue weighted by Crippen LogP contribution is 2.18. The van der Waals surface area contributed by atoms with Crippen molar-refractivity contribution in [3.63, 3.8) is 0 Å². The van der Waals surface area contributed by atoms with Crippen LogP contribution in [0.15, 0.2) is 47.1 Å². The lowest BCUT2D eigenvalue weighted by molar-refractivity contribution is -0.120. The van der Waals surface area contributed by atoms with E-state index in [1.807, 2.05) is 55.4 Å². The molecule has 0 aliphatic heterocycles. The minimum Gasteiger partial charge on any atom is -0.497 e. The van der Waals surface area contributed by atoms with Crippen LogP contribution in [0.1, 0.15) is 17.4 Å². The van der Waals surface area contributed by atoms with E-state index in [1.165, 1.54) is 0 Å². The van der Waals surface area contributed by atoms with Gasteiger partial charge in [0.25, 0.3) is 0 Å². The van der Waals surface area contributed by atoms with Crippen molar-refractivity contribution < 1.29 is 13.9 Å².